The van der Waals surface area contributed by atoms with Crippen LogP contribution in [0.15, 0.2) is 17.8 Å². The van der Waals surface area contributed by atoms with Crippen molar-refractivity contribution in [2.45, 2.75) is 12.5 Å². The Kier molecular flexibility index (Phi) is 1.55. The highest BCUT2D eigenvalue weighted by atomic mass is 16.1. The maximum absolute atomic E-state index is 10.8. The number of nitrogens with one attached hydrogen (secondary N) is 1. The van der Waals surface area contributed by atoms with E-state index in [4.69, 9.17) is 5.73 Å². The van der Waals surface area contributed by atoms with E-state index in [1.165, 1.54) is 19.2 Å². The third kappa shape index (κ3) is 0.932. The Morgan fingerprint density at radius 3 is 2.82 bits per heavy atom. The van der Waals surface area contributed by atoms with Crippen LogP contribution in [0.25, 0.3) is 0 Å². The molecular weight excluding hydrogens is 144 g/mol. The molecule has 0 bridgehead atoms. The Morgan fingerprint density at radius 2 is 2.45 bits per heavy atom. The second kappa shape index (κ2) is 2.25. The first-order chi connectivity index (χ1) is 5.11. The van der Waals surface area contributed by atoms with Gasteiger partial charge in [-0.05, 0) is 19.2 Å². The van der Waals surface area contributed by atoms with Crippen molar-refractivity contribution in [2.75, 3.05) is 0 Å². The fourth-order valence-electron chi connectivity index (χ4n) is 0.876. The van der Waals surface area contributed by atoms with Crippen LogP contribution in [-0.4, -0.2) is 17.4 Å². The Bertz CT molecular complexity index is 276. The molecule has 1 aliphatic heterocycles. The number of nitrogens with two attached hydrogens (primary N) is 1. The van der Waals surface area contributed by atoms with Gasteiger partial charge in [-0.1, -0.05) is 0 Å². The first kappa shape index (κ1) is 7.57. The zero-order valence-corrected chi connectivity index (χ0v) is 6.05. The molecule has 1 unspecified atom stereocenters. The van der Waals surface area contributed by atoms with Crippen LogP contribution in [0.3, 0.4) is 0 Å². The van der Waals surface area contributed by atoms with Gasteiger partial charge in [-0.2, -0.15) is 0 Å². The smallest absolute Gasteiger partial charge is 0.248 e. The Balaban J connectivity index is 3.09. The number of primary amides is 1. The number of hydrogen-bond acceptors (Lipinski definition) is 3. The average Bonchev–Trinajstić information content (AvgIpc) is 2.32. The molecule has 0 saturated carbocycles. The van der Waals surface area contributed by atoms with Gasteiger partial charge < -0.3 is 11.1 Å². The van der Waals surface area contributed by atoms with E-state index in [0.29, 0.717) is 0 Å². The van der Waals surface area contributed by atoms with Gasteiger partial charge in [0.1, 0.15) is 11.5 Å². The summed E-state index contributed by atoms with van der Waals surface area (Å²) in [5.41, 5.74) is 4.23. The minimum absolute atomic E-state index is 0.241. The summed E-state index contributed by atoms with van der Waals surface area (Å²) in [6.45, 7) is 1.54. The van der Waals surface area contributed by atoms with Crippen LogP contribution >= 0.6 is 0 Å². The standard InChI is InChI=1S/C7H8N2O2/c1-7(6(8)11)5(4-10)2-3-9-7/h2-3,9H,1H3,(H2,8,11). The molecule has 3 N–H and O–H groups in total. The normalized spacial score (nSPS) is 27.9. The van der Waals surface area contributed by atoms with Crippen LogP contribution in [0, 0.1) is 0 Å². The molecule has 0 aliphatic carbocycles. The molecule has 0 aromatic heterocycles. The van der Waals surface area contributed by atoms with Crippen molar-refractivity contribution in [2.24, 2.45) is 5.73 Å². The molecule has 0 aromatic carbocycles. The van der Waals surface area contributed by atoms with Gasteiger partial charge in [0.25, 0.3) is 0 Å². The second-order valence-electron chi connectivity index (χ2n) is 2.48. The molecule has 58 valence electrons. The van der Waals surface area contributed by atoms with Crippen molar-refractivity contribution in [3.05, 3.63) is 17.8 Å². The predicted octanol–water partition coefficient (Wildman–Crippen LogP) is -0.895. The van der Waals surface area contributed by atoms with E-state index in [1.54, 1.807) is 5.94 Å². The largest absolute Gasteiger partial charge is 0.373 e. The molecule has 0 fully saturated rings. The van der Waals surface area contributed by atoms with Crippen LogP contribution in [0.4, 0.5) is 0 Å². The lowest BCUT2D eigenvalue weighted by Crippen LogP contribution is -2.49. The number of hydrogen-bond donors (Lipinski definition) is 2. The van der Waals surface area contributed by atoms with Gasteiger partial charge in [0.15, 0.2) is 0 Å². The quantitative estimate of drug-likeness (QED) is 0.478. The van der Waals surface area contributed by atoms with E-state index in [1.807, 2.05) is 0 Å². The summed E-state index contributed by atoms with van der Waals surface area (Å²) in [6.07, 6.45) is 2.99. The van der Waals surface area contributed by atoms with Gasteiger partial charge >= 0.3 is 0 Å². The molecule has 4 nitrogen and oxygen atoms in total. The molecule has 0 saturated heterocycles. The number of amides is 1. The Hall–Kier alpha value is -1.54. The summed E-state index contributed by atoms with van der Waals surface area (Å²) in [5.74, 6) is 1.07. The summed E-state index contributed by atoms with van der Waals surface area (Å²) in [6, 6.07) is 0. The molecule has 1 heterocycles. The van der Waals surface area contributed by atoms with Gasteiger partial charge in [-0.15, -0.1) is 0 Å². The van der Waals surface area contributed by atoms with Crippen LogP contribution in [0.2, 0.25) is 0 Å². The monoisotopic (exact) mass is 152 g/mol. The molecule has 1 aliphatic rings. The highest BCUT2D eigenvalue weighted by molar-refractivity contribution is 5.93. The first-order valence-corrected chi connectivity index (χ1v) is 3.11. The zero-order valence-electron chi connectivity index (χ0n) is 6.05. The van der Waals surface area contributed by atoms with E-state index in [-0.39, 0.29) is 5.57 Å². The summed E-state index contributed by atoms with van der Waals surface area (Å²) in [7, 11) is 0. The van der Waals surface area contributed by atoms with Crippen molar-refractivity contribution in [1.29, 1.82) is 0 Å². The highest BCUT2D eigenvalue weighted by Gasteiger charge is 2.37. The molecule has 1 rings (SSSR count). The summed E-state index contributed by atoms with van der Waals surface area (Å²) in [5, 5.41) is 2.68. The minimum atomic E-state index is -1.07. The van der Waals surface area contributed by atoms with E-state index < -0.39 is 11.4 Å². The summed E-state index contributed by atoms with van der Waals surface area (Å²) >= 11 is 0. The maximum Gasteiger partial charge on any atom is 0.248 e. The molecule has 0 spiro atoms. The Morgan fingerprint density at radius 1 is 1.82 bits per heavy atom. The van der Waals surface area contributed by atoms with Crippen molar-refractivity contribution in [1.82, 2.24) is 5.32 Å². The van der Waals surface area contributed by atoms with Crippen molar-refractivity contribution in [3.8, 4) is 0 Å². The zero-order chi connectivity index (χ0) is 8.48. The summed E-state index contributed by atoms with van der Waals surface area (Å²) in [4.78, 5) is 21.1. The topological polar surface area (TPSA) is 72.2 Å². The number of carbonyl (C=O) groups excluding carboxylic acids is 2. The predicted molar refractivity (Wildman–Crippen MR) is 39.1 cm³/mol. The van der Waals surface area contributed by atoms with E-state index in [2.05, 4.69) is 5.32 Å². The SMILES string of the molecule is CC1(C(N)=O)NC=CC1=C=O. The van der Waals surface area contributed by atoms with Crippen molar-refractivity contribution >= 4 is 11.8 Å². The number of carbonyl (C=O) groups is 1. The van der Waals surface area contributed by atoms with Crippen molar-refractivity contribution < 1.29 is 9.59 Å². The van der Waals surface area contributed by atoms with Gasteiger partial charge in [-0.25, -0.2) is 4.79 Å². The fraction of sp³-hybridized carbons (Fsp3) is 0.286. The lowest BCUT2D eigenvalue weighted by molar-refractivity contribution is -0.121. The molecule has 1 amide bonds. The van der Waals surface area contributed by atoms with E-state index in [0.717, 1.165) is 0 Å². The molecule has 0 radical (unpaired) electrons. The lowest BCUT2D eigenvalue weighted by Gasteiger charge is -2.19. The molecular formula is C7H8N2O2. The first-order valence-electron chi connectivity index (χ1n) is 3.11. The highest BCUT2D eigenvalue weighted by Crippen LogP contribution is 2.19. The van der Waals surface area contributed by atoms with E-state index in [9.17, 15) is 9.59 Å². The third-order valence-corrected chi connectivity index (χ3v) is 1.76. The maximum atomic E-state index is 10.8. The average molecular weight is 152 g/mol. The van der Waals surface area contributed by atoms with Gasteiger partial charge in [0.05, 0.1) is 5.57 Å². The second-order valence-corrected chi connectivity index (χ2v) is 2.48. The Labute approximate surface area is 63.8 Å². The van der Waals surface area contributed by atoms with Crippen LogP contribution in [-0.2, 0) is 9.59 Å². The van der Waals surface area contributed by atoms with E-state index >= 15 is 0 Å². The van der Waals surface area contributed by atoms with Gasteiger partial charge in [-0.3, -0.25) is 4.79 Å². The van der Waals surface area contributed by atoms with Gasteiger partial charge in [0.2, 0.25) is 5.91 Å². The number of rotatable bonds is 1. The molecule has 0 aromatic rings. The lowest BCUT2D eigenvalue weighted by atomic mass is 9.95. The van der Waals surface area contributed by atoms with Gasteiger partial charge in [0, 0.05) is 0 Å². The molecule has 11 heavy (non-hydrogen) atoms. The summed E-state index contributed by atoms with van der Waals surface area (Å²) < 4.78 is 0. The van der Waals surface area contributed by atoms with Crippen LogP contribution in [0.5, 0.6) is 0 Å². The minimum Gasteiger partial charge on any atom is -0.373 e. The molecule has 4 heteroatoms. The van der Waals surface area contributed by atoms with Crippen LogP contribution in [0.1, 0.15) is 6.92 Å². The van der Waals surface area contributed by atoms with Crippen molar-refractivity contribution in [3.63, 3.8) is 0 Å². The third-order valence-electron chi connectivity index (χ3n) is 1.76. The fourth-order valence-corrected chi connectivity index (χ4v) is 0.876. The molecule has 1 atom stereocenters. The van der Waals surface area contributed by atoms with Crippen LogP contribution < -0.4 is 11.1 Å².